The topological polar surface area (TPSA) is 47.8 Å². The highest BCUT2D eigenvalue weighted by atomic mass is 35.5. The maximum absolute atomic E-state index is 12.0. The molecule has 1 heterocycles. The molecule has 0 bridgehead atoms. The summed E-state index contributed by atoms with van der Waals surface area (Å²) in [5.41, 5.74) is 1.97. The molecule has 26 heavy (non-hydrogen) atoms. The van der Waals surface area contributed by atoms with Crippen LogP contribution in [-0.4, -0.2) is 25.8 Å². The fraction of sp³-hybridized carbons (Fsp3) is 0.250. The largest absolute Gasteiger partial charge is 0.298 e. The first-order valence-corrected chi connectivity index (χ1v) is 9.77. The Morgan fingerprint density at radius 2 is 1.81 bits per heavy atom. The number of hydrogen-bond donors (Lipinski definition) is 0. The number of hydrogen-bond acceptors (Lipinski definition) is 4. The molecule has 3 aromatic rings. The molecule has 0 radical (unpaired) electrons. The first-order valence-electron chi connectivity index (χ1n) is 8.51. The van der Waals surface area contributed by atoms with Crippen molar-refractivity contribution in [2.45, 2.75) is 37.2 Å². The van der Waals surface area contributed by atoms with Gasteiger partial charge in [0.25, 0.3) is 0 Å². The van der Waals surface area contributed by atoms with Crippen molar-refractivity contribution in [1.29, 1.82) is 0 Å². The molecule has 2 aromatic carbocycles. The van der Waals surface area contributed by atoms with Gasteiger partial charge in [0.2, 0.25) is 0 Å². The molecule has 4 nitrogen and oxygen atoms in total. The van der Waals surface area contributed by atoms with Crippen molar-refractivity contribution in [3.05, 3.63) is 65.2 Å². The lowest BCUT2D eigenvalue weighted by atomic mass is 10.2. The van der Waals surface area contributed by atoms with Gasteiger partial charge in [0.1, 0.15) is 5.78 Å². The lowest BCUT2D eigenvalue weighted by molar-refractivity contribution is -0.118. The molecule has 0 fully saturated rings. The van der Waals surface area contributed by atoms with Crippen molar-refractivity contribution >= 4 is 29.1 Å². The third-order valence-corrected chi connectivity index (χ3v) is 5.56. The lowest BCUT2D eigenvalue weighted by Gasteiger charge is -2.13. The van der Waals surface area contributed by atoms with Crippen LogP contribution in [0.4, 0.5) is 0 Å². The van der Waals surface area contributed by atoms with E-state index in [9.17, 15) is 4.79 Å². The molecule has 134 valence electrons. The molecule has 0 aliphatic rings. The molecule has 1 aromatic heterocycles. The predicted octanol–water partition coefficient (Wildman–Crippen LogP) is 5.11. The summed E-state index contributed by atoms with van der Waals surface area (Å²) in [6.07, 6.45) is 0.512. The Kier molecular flexibility index (Phi) is 6.12. The monoisotopic (exact) mass is 385 g/mol. The van der Waals surface area contributed by atoms with Crippen LogP contribution >= 0.6 is 23.4 Å². The van der Waals surface area contributed by atoms with Gasteiger partial charge in [0.15, 0.2) is 11.0 Å². The van der Waals surface area contributed by atoms with Crippen molar-refractivity contribution in [2.75, 3.05) is 0 Å². The van der Waals surface area contributed by atoms with Crippen molar-refractivity contribution in [1.82, 2.24) is 14.8 Å². The molecule has 1 unspecified atom stereocenters. The van der Waals surface area contributed by atoms with E-state index in [1.165, 1.54) is 11.8 Å². The summed E-state index contributed by atoms with van der Waals surface area (Å²) >= 11 is 7.82. The van der Waals surface area contributed by atoms with Crippen LogP contribution in [0, 0.1) is 0 Å². The van der Waals surface area contributed by atoms with Gasteiger partial charge in [-0.1, -0.05) is 72.8 Å². The number of carbonyl (C=O) groups excluding carboxylic acids is 1. The Balaban J connectivity index is 2.02. The molecule has 1 atom stereocenters. The number of nitrogens with zero attached hydrogens (tertiary/aromatic N) is 3. The molecular weight excluding hydrogens is 366 g/mol. The molecule has 0 N–H and O–H groups in total. The number of thioether (sulfide) groups is 1. The highest BCUT2D eigenvalue weighted by Gasteiger charge is 2.21. The highest BCUT2D eigenvalue weighted by Crippen LogP contribution is 2.31. The second-order valence-electron chi connectivity index (χ2n) is 5.94. The SMILES string of the molecule is CCC(=O)C(C)Sc1nnc(-c2ccccc2Cl)n1Cc1ccccc1. The Bertz CT molecular complexity index is 895. The average molecular weight is 386 g/mol. The van der Waals surface area contributed by atoms with E-state index in [2.05, 4.69) is 22.3 Å². The van der Waals surface area contributed by atoms with E-state index in [1.54, 1.807) is 0 Å². The standard InChI is InChI=1S/C20H20ClN3OS/c1-3-18(25)14(2)26-20-23-22-19(16-11-7-8-12-17(16)21)24(20)13-15-9-5-4-6-10-15/h4-12,14H,3,13H2,1-2H3. The minimum Gasteiger partial charge on any atom is -0.298 e. The summed E-state index contributed by atoms with van der Waals surface area (Å²) in [6, 6.07) is 17.7. The van der Waals surface area contributed by atoms with E-state index in [0.717, 1.165) is 16.3 Å². The molecule has 0 saturated carbocycles. The van der Waals surface area contributed by atoms with Crippen molar-refractivity contribution in [3.8, 4) is 11.4 Å². The Hall–Kier alpha value is -2.11. The molecule has 0 aliphatic heterocycles. The third-order valence-electron chi connectivity index (χ3n) is 4.10. The van der Waals surface area contributed by atoms with Gasteiger partial charge in [0.05, 0.1) is 16.8 Å². The summed E-state index contributed by atoms with van der Waals surface area (Å²) in [4.78, 5) is 12.0. The zero-order valence-corrected chi connectivity index (χ0v) is 16.3. The summed E-state index contributed by atoms with van der Waals surface area (Å²) in [5, 5.41) is 9.91. The smallest absolute Gasteiger partial charge is 0.192 e. The van der Waals surface area contributed by atoms with Crippen LogP contribution in [0.2, 0.25) is 5.02 Å². The number of ketones is 1. The zero-order chi connectivity index (χ0) is 18.5. The molecule has 0 aliphatic carbocycles. The average Bonchev–Trinajstić information content (AvgIpc) is 3.04. The molecule has 0 spiro atoms. The van der Waals surface area contributed by atoms with Gasteiger partial charge >= 0.3 is 0 Å². The van der Waals surface area contributed by atoms with Crippen LogP contribution in [0.15, 0.2) is 59.8 Å². The minimum atomic E-state index is -0.169. The van der Waals surface area contributed by atoms with Crippen LogP contribution < -0.4 is 0 Å². The number of rotatable bonds is 7. The fourth-order valence-electron chi connectivity index (χ4n) is 2.64. The summed E-state index contributed by atoms with van der Waals surface area (Å²) in [7, 11) is 0. The number of aromatic nitrogens is 3. The second kappa shape index (κ2) is 8.52. The van der Waals surface area contributed by atoms with Crippen LogP contribution in [0.1, 0.15) is 25.8 Å². The normalized spacial score (nSPS) is 12.1. The maximum atomic E-state index is 12.0. The van der Waals surface area contributed by atoms with E-state index in [1.807, 2.05) is 60.9 Å². The van der Waals surface area contributed by atoms with Crippen LogP contribution in [0.5, 0.6) is 0 Å². The van der Waals surface area contributed by atoms with Crippen molar-refractivity contribution < 1.29 is 4.79 Å². The van der Waals surface area contributed by atoms with E-state index < -0.39 is 0 Å². The number of Topliss-reactive ketones (excluding diaryl/α,β-unsaturated/α-hetero) is 1. The summed E-state index contributed by atoms with van der Waals surface area (Å²) in [6.45, 7) is 4.40. The molecule has 0 amide bonds. The first kappa shape index (κ1) is 18.7. The van der Waals surface area contributed by atoms with Crippen molar-refractivity contribution in [2.24, 2.45) is 0 Å². The molecule has 0 saturated heterocycles. The Morgan fingerprint density at radius 3 is 2.50 bits per heavy atom. The fourth-order valence-corrected chi connectivity index (χ4v) is 3.84. The van der Waals surface area contributed by atoms with Gasteiger partial charge < -0.3 is 0 Å². The van der Waals surface area contributed by atoms with Gasteiger partial charge in [-0.25, -0.2) is 0 Å². The molecule has 3 rings (SSSR count). The van der Waals surface area contributed by atoms with Crippen LogP contribution in [0.25, 0.3) is 11.4 Å². The van der Waals surface area contributed by atoms with Crippen LogP contribution in [0.3, 0.4) is 0 Å². The van der Waals surface area contributed by atoms with Gasteiger partial charge in [-0.2, -0.15) is 0 Å². The number of benzene rings is 2. The molecular formula is C20H20ClN3OS. The quantitative estimate of drug-likeness (QED) is 0.530. The van der Waals surface area contributed by atoms with Gasteiger partial charge in [-0.3, -0.25) is 9.36 Å². The highest BCUT2D eigenvalue weighted by molar-refractivity contribution is 8.00. The van der Waals surface area contributed by atoms with Crippen LogP contribution in [-0.2, 0) is 11.3 Å². The van der Waals surface area contributed by atoms with E-state index in [-0.39, 0.29) is 11.0 Å². The minimum absolute atomic E-state index is 0.169. The van der Waals surface area contributed by atoms with Gasteiger partial charge in [0, 0.05) is 12.0 Å². The summed E-state index contributed by atoms with van der Waals surface area (Å²) < 4.78 is 2.03. The summed E-state index contributed by atoms with van der Waals surface area (Å²) in [5.74, 6) is 0.904. The Labute approximate surface area is 162 Å². The predicted molar refractivity (Wildman–Crippen MR) is 107 cm³/mol. The zero-order valence-electron chi connectivity index (χ0n) is 14.7. The number of halogens is 1. The van der Waals surface area contributed by atoms with E-state index >= 15 is 0 Å². The van der Waals surface area contributed by atoms with E-state index in [0.29, 0.717) is 23.8 Å². The second-order valence-corrected chi connectivity index (χ2v) is 7.65. The lowest BCUT2D eigenvalue weighted by Crippen LogP contribution is -2.13. The van der Waals surface area contributed by atoms with Gasteiger partial charge in [-0.05, 0) is 24.6 Å². The molecule has 6 heteroatoms. The van der Waals surface area contributed by atoms with E-state index in [4.69, 9.17) is 11.6 Å². The maximum Gasteiger partial charge on any atom is 0.192 e. The third kappa shape index (κ3) is 4.17. The van der Waals surface area contributed by atoms with Gasteiger partial charge in [-0.15, -0.1) is 10.2 Å². The van der Waals surface area contributed by atoms with Crippen molar-refractivity contribution in [3.63, 3.8) is 0 Å². The number of carbonyl (C=O) groups is 1. The first-order chi connectivity index (χ1) is 12.6. The Morgan fingerprint density at radius 1 is 1.12 bits per heavy atom.